The van der Waals surface area contributed by atoms with Crippen LogP contribution in [0, 0.1) is 0 Å². The smallest absolute Gasteiger partial charge is 0.305 e. The first-order valence-electron chi connectivity index (χ1n) is 7.92. The van der Waals surface area contributed by atoms with Crippen molar-refractivity contribution in [1.29, 1.82) is 0 Å². The summed E-state index contributed by atoms with van der Waals surface area (Å²) in [6.07, 6.45) is 0.932. The second-order valence-electron chi connectivity index (χ2n) is 6.17. The minimum absolute atomic E-state index is 0. The number of hydrogen-bond acceptors (Lipinski definition) is 4. The van der Waals surface area contributed by atoms with Crippen molar-refractivity contribution in [1.82, 2.24) is 5.32 Å². The van der Waals surface area contributed by atoms with Gasteiger partial charge in [0.1, 0.15) is 5.60 Å². The highest BCUT2D eigenvalue weighted by Crippen LogP contribution is 2.22. The zero-order chi connectivity index (χ0) is 17.3. The molecule has 0 aliphatic heterocycles. The maximum Gasteiger partial charge on any atom is 0.305 e. The van der Waals surface area contributed by atoms with Gasteiger partial charge in [-0.05, 0) is 39.7 Å². The first-order valence-corrected chi connectivity index (χ1v) is 7.92. The lowest BCUT2D eigenvalue weighted by Crippen LogP contribution is -2.28. The topological polar surface area (TPSA) is 47.6 Å². The van der Waals surface area contributed by atoms with Gasteiger partial charge < -0.3 is 14.8 Å². The van der Waals surface area contributed by atoms with Crippen molar-refractivity contribution >= 4 is 5.97 Å². The molecule has 0 aliphatic carbocycles. The molecule has 1 N–H and O–H groups in total. The van der Waals surface area contributed by atoms with Gasteiger partial charge in [-0.2, -0.15) is 0 Å². The Morgan fingerprint density at radius 1 is 1.35 bits per heavy atom. The van der Waals surface area contributed by atoms with Gasteiger partial charge in [0, 0.05) is 7.85 Å². The molecule has 0 saturated carbocycles. The molecular formula is C19H29NO3. The largest absolute Gasteiger partial charge is 0.468 e. The monoisotopic (exact) mass is 319 g/mol. The maximum atomic E-state index is 11.6. The molecule has 0 amide bonds. The van der Waals surface area contributed by atoms with E-state index in [2.05, 4.69) is 17.6 Å². The van der Waals surface area contributed by atoms with Gasteiger partial charge >= 0.3 is 5.97 Å². The van der Waals surface area contributed by atoms with E-state index in [4.69, 9.17) is 9.47 Å². The quantitative estimate of drug-likeness (QED) is 0.440. The Labute approximate surface area is 140 Å². The van der Waals surface area contributed by atoms with Crippen molar-refractivity contribution in [3.63, 3.8) is 0 Å². The lowest BCUT2D eigenvalue weighted by atomic mass is 10.0. The second kappa shape index (κ2) is 9.06. The highest BCUT2D eigenvalue weighted by Gasteiger charge is 2.19. The van der Waals surface area contributed by atoms with Gasteiger partial charge in [0.05, 0.1) is 12.6 Å². The van der Waals surface area contributed by atoms with Gasteiger partial charge in [-0.15, -0.1) is 0 Å². The summed E-state index contributed by atoms with van der Waals surface area (Å²) in [4.78, 5) is 11.6. The summed E-state index contributed by atoms with van der Waals surface area (Å²) in [5.74, 6) is 0.284. The van der Waals surface area contributed by atoms with Crippen LogP contribution in [0.15, 0.2) is 48.5 Å². The van der Waals surface area contributed by atoms with E-state index in [1.54, 1.807) is 6.92 Å². The van der Waals surface area contributed by atoms with E-state index in [0.29, 0.717) is 25.3 Å². The Hall–Kier alpha value is -2.19. The zero-order valence-corrected chi connectivity index (χ0v) is 14.5. The van der Waals surface area contributed by atoms with Crippen molar-refractivity contribution < 1.29 is 15.7 Å². The fourth-order valence-electron chi connectivity index (χ4n) is 2.08. The Kier molecular flexibility index (Phi) is 7.43. The number of hydrogen-bond donors (Lipinski definition) is 1. The molecule has 23 heavy (non-hydrogen) atoms. The van der Waals surface area contributed by atoms with Crippen LogP contribution in [0.1, 0.15) is 53.6 Å². The zero-order valence-electron chi connectivity index (χ0n) is 14.5. The van der Waals surface area contributed by atoms with Gasteiger partial charge in [0.25, 0.3) is 0 Å². The SMILES string of the molecule is C=C=C(NC(CCC(=O)OCC)c1ccccc1)OC(C)(C)C.[HH]. The van der Waals surface area contributed by atoms with Crippen LogP contribution in [-0.2, 0) is 14.3 Å². The van der Waals surface area contributed by atoms with Gasteiger partial charge in [-0.3, -0.25) is 4.79 Å². The standard InChI is InChI=1S/C19H27NO3.H2/c1-6-17(23-19(3,4)5)20-16(13-14-18(21)22-7-2)15-11-9-8-10-12-15;/h8-12,16,20H,1,7,13-14H2,2-5H3;1H. The lowest BCUT2D eigenvalue weighted by Gasteiger charge is -2.26. The molecular weight excluding hydrogens is 290 g/mol. The molecule has 0 aliphatic rings. The van der Waals surface area contributed by atoms with Crippen LogP contribution < -0.4 is 5.32 Å². The number of nitrogens with one attached hydrogen (secondary N) is 1. The summed E-state index contributed by atoms with van der Waals surface area (Å²) in [5, 5.41) is 3.29. The average Bonchev–Trinajstić information content (AvgIpc) is 2.50. The molecule has 1 rings (SSSR count). The third kappa shape index (κ3) is 7.57. The fourth-order valence-corrected chi connectivity index (χ4v) is 2.08. The number of esters is 1. The van der Waals surface area contributed by atoms with Gasteiger partial charge in [-0.25, -0.2) is 0 Å². The van der Waals surface area contributed by atoms with E-state index in [1.807, 2.05) is 51.1 Å². The van der Waals surface area contributed by atoms with Crippen molar-refractivity contribution in [2.75, 3.05) is 6.61 Å². The molecule has 128 valence electrons. The predicted molar refractivity (Wildman–Crippen MR) is 93.8 cm³/mol. The highest BCUT2D eigenvalue weighted by atomic mass is 16.5. The van der Waals surface area contributed by atoms with E-state index in [0.717, 1.165) is 5.56 Å². The molecule has 0 spiro atoms. The second-order valence-corrected chi connectivity index (χ2v) is 6.17. The summed E-state index contributed by atoms with van der Waals surface area (Å²) in [7, 11) is 0. The minimum Gasteiger partial charge on any atom is -0.468 e. The molecule has 0 radical (unpaired) electrons. The summed E-state index contributed by atoms with van der Waals surface area (Å²) < 4.78 is 10.8. The fraction of sp³-hybridized carbons (Fsp3) is 0.474. The Bertz CT molecular complexity index is 545. The maximum absolute atomic E-state index is 11.6. The van der Waals surface area contributed by atoms with Crippen molar-refractivity contribution in [2.45, 2.75) is 52.2 Å². The molecule has 0 aromatic heterocycles. The molecule has 1 aromatic carbocycles. The molecule has 1 aromatic rings. The summed E-state index contributed by atoms with van der Waals surface area (Å²) in [6.45, 7) is 11.8. The van der Waals surface area contributed by atoms with Crippen LogP contribution in [-0.4, -0.2) is 18.2 Å². The number of carbonyl (C=O) groups is 1. The Balaban J connectivity index is 0.00000529. The summed E-state index contributed by atoms with van der Waals surface area (Å²) in [6, 6.07) is 9.85. The Morgan fingerprint density at radius 2 is 2.00 bits per heavy atom. The number of rotatable bonds is 8. The van der Waals surface area contributed by atoms with Gasteiger partial charge in [0.2, 0.25) is 5.88 Å². The van der Waals surface area contributed by atoms with Gasteiger partial charge in [0.15, 0.2) is 0 Å². The van der Waals surface area contributed by atoms with Crippen LogP contribution in [0.25, 0.3) is 0 Å². The van der Waals surface area contributed by atoms with Crippen LogP contribution in [0.4, 0.5) is 0 Å². The van der Waals surface area contributed by atoms with E-state index in [1.165, 1.54) is 0 Å². The number of benzene rings is 1. The minimum atomic E-state index is -0.352. The highest BCUT2D eigenvalue weighted by molar-refractivity contribution is 5.69. The van der Waals surface area contributed by atoms with Crippen molar-refractivity contribution in [2.24, 2.45) is 0 Å². The van der Waals surface area contributed by atoms with Crippen molar-refractivity contribution in [3.8, 4) is 0 Å². The third-order valence-electron chi connectivity index (χ3n) is 3.02. The molecule has 1 unspecified atom stereocenters. The third-order valence-corrected chi connectivity index (χ3v) is 3.02. The molecule has 4 nitrogen and oxygen atoms in total. The van der Waals surface area contributed by atoms with Gasteiger partial charge in [-0.1, -0.05) is 42.6 Å². The lowest BCUT2D eigenvalue weighted by molar-refractivity contribution is -0.143. The molecule has 0 heterocycles. The Morgan fingerprint density at radius 3 is 2.52 bits per heavy atom. The van der Waals surface area contributed by atoms with E-state index in [-0.39, 0.29) is 19.0 Å². The van der Waals surface area contributed by atoms with Crippen LogP contribution in [0.3, 0.4) is 0 Å². The molecule has 4 heteroatoms. The molecule has 0 fully saturated rings. The van der Waals surface area contributed by atoms with E-state index < -0.39 is 0 Å². The number of carbonyl (C=O) groups excluding carboxylic acids is 1. The molecule has 0 saturated heterocycles. The van der Waals surface area contributed by atoms with Crippen LogP contribution in [0.2, 0.25) is 0 Å². The van der Waals surface area contributed by atoms with E-state index >= 15 is 0 Å². The first-order chi connectivity index (χ1) is 10.9. The number of ether oxygens (including phenoxy) is 2. The summed E-state index contributed by atoms with van der Waals surface area (Å²) >= 11 is 0. The summed E-state index contributed by atoms with van der Waals surface area (Å²) in [5.41, 5.74) is 3.51. The normalized spacial score (nSPS) is 12.0. The first kappa shape index (κ1) is 18.9. The molecule has 0 bridgehead atoms. The van der Waals surface area contributed by atoms with Crippen LogP contribution in [0.5, 0.6) is 0 Å². The van der Waals surface area contributed by atoms with E-state index in [9.17, 15) is 4.79 Å². The predicted octanol–water partition coefficient (Wildman–Crippen LogP) is 4.35. The van der Waals surface area contributed by atoms with Crippen LogP contribution >= 0.6 is 0 Å². The van der Waals surface area contributed by atoms with Crippen molar-refractivity contribution in [3.05, 3.63) is 54.1 Å². The average molecular weight is 319 g/mol. The molecule has 1 atom stereocenters.